The number of nitrogens with zero attached hydrogens (tertiary/aromatic N) is 4. The van der Waals surface area contributed by atoms with E-state index in [-0.39, 0.29) is 5.91 Å². The van der Waals surface area contributed by atoms with Gasteiger partial charge in [-0.15, -0.1) is 0 Å². The zero-order valence-electron chi connectivity index (χ0n) is 13.9. The van der Waals surface area contributed by atoms with E-state index < -0.39 is 0 Å². The van der Waals surface area contributed by atoms with Crippen molar-refractivity contribution in [1.29, 1.82) is 0 Å². The molecule has 1 fully saturated rings. The Hall–Kier alpha value is -2.11. The Morgan fingerprint density at radius 1 is 1.35 bits per heavy atom. The van der Waals surface area contributed by atoms with Crippen LogP contribution in [0.1, 0.15) is 36.3 Å². The minimum atomic E-state index is 0.238. The van der Waals surface area contributed by atoms with E-state index in [0.717, 1.165) is 49.5 Å². The maximum absolute atomic E-state index is 12.4. The number of piperidine rings is 1. The first-order valence-electron chi connectivity index (χ1n) is 8.30. The van der Waals surface area contributed by atoms with Gasteiger partial charge in [0.1, 0.15) is 5.76 Å². The predicted molar refractivity (Wildman–Crippen MR) is 85.8 cm³/mol. The minimum Gasteiger partial charge on any atom is -0.361 e. The molecule has 0 saturated carbocycles. The van der Waals surface area contributed by atoms with Crippen LogP contribution in [0.5, 0.6) is 0 Å². The van der Waals surface area contributed by atoms with Crippen molar-refractivity contribution in [3.8, 4) is 0 Å². The van der Waals surface area contributed by atoms with Gasteiger partial charge in [0.15, 0.2) is 0 Å². The van der Waals surface area contributed by atoms with Crippen molar-refractivity contribution in [2.24, 2.45) is 5.92 Å². The highest BCUT2D eigenvalue weighted by atomic mass is 16.5. The maximum Gasteiger partial charge on any atom is 0.222 e. The Kier molecular flexibility index (Phi) is 4.79. The number of aromatic nitrogens is 3. The summed E-state index contributed by atoms with van der Waals surface area (Å²) in [4.78, 5) is 14.4. The smallest absolute Gasteiger partial charge is 0.222 e. The first-order valence-corrected chi connectivity index (χ1v) is 8.30. The highest BCUT2D eigenvalue weighted by Gasteiger charge is 2.23. The van der Waals surface area contributed by atoms with Gasteiger partial charge >= 0.3 is 0 Å². The summed E-state index contributed by atoms with van der Waals surface area (Å²) < 4.78 is 7.14. The summed E-state index contributed by atoms with van der Waals surface area (Å²) in [6.45, 7) is 6.49. The van der Waals surface area contributed by atoms with Crippen molar-refractivity contribution in [2.75, 3.05) is 13.1 Å². The van der Waals surface area contributed by atoms with Crippen LogP contribution in [-0.2, 0) is 17.8 Å². The zero-order valence-corrected chi connectivity index (χ0v) is 13.9. The van der Waals surface area contributed by atoms with Crippen molar-refractivity contribution in [3.63, 3.8) is 0 Å². The molecular weight excluding hydrogens is 292 g/mol. The van der Waals surface area contributed by atoms with Crippen LogP contribution in [0.4, 0.5) is 0 Å². The van der Waals surface area contributed by atoms with Crippen LogP contribution in [0.2, 0.25) is 0 Å². The summed E-state index contributed by atoms with van der Waals surface area (Å²) in [7, 11) is 0. The molecule has 2 aromatic rings. The molecule has 0 spiro atoms. The largest absolute Gasteiger partial charge is 0.361 e. The van der Waals surface area contributed by atoms with Gasteiger partial charge in [0.2, 0.25) is 5.91 Å². The molecule has 3 heterocycles. The number of hydrogen-bond donors (Lipinski definition) is 0. The van der Waals surface area contributed by atoms with Crippen LogP contribution in [0.3, 0.4) is 0 Å². The summed E-state index contributed by atoms with van der Waals surface area (Å²) in [6, 6.07) is 1.95. The average molecular weight is 316 g/mol. The molecule has 0 atom stereocenters. The van der Waals surface area contributed by atoms with Gasteiger partial charge in [-0.05, 0) is 45.1 Å². The lowest BCUT2D eigenvalue weighted by molar-refractivity contribution is -0.132. The second-order valence-electron chi connectivity index (χ2n) is 6.35. The minimum absolute atomic E-state index is 0.238. The van der Waals surface area contributed by atoms with Crippen LogP contribution >= 0.6 is 0 Å². The fourth-order valence-corrected chi connectivity index (χ4v) is 3.29. The molecule has 6 heteroatoms. The van der Waals surface area contributed by atoms with Gasteiger partial charge in [0.25, 0.3) is 0 Å². The monoisotopic (exact) mass is 316 g/mol. The number of aryl methyl sites for hydroxylation is 2. The Morgan fingerprint density at radius 3 is 2.74 bits per heavy atom. The van der Waals surface area contributed by atoms with Gasteiger partial charge in [-0.2, -0.15) is 5.10 Å². The Bertz CT molecular complexity index is 620. The Balaban J connectivity index is 1.45. The molecule has 1 saturated heterocycles. The topological polar surface area (TPSA) is 64.2 Å². The van der Waals surface area contributed by atoms with Crippen LogP contribution in [0.25, 0.3) is 0 Å². The molecule has 0 unspecified atom stereocenters. The van der Waals surface area contributed by atoms with E-state index in [1.54, 1.807) is 0 Å². The lowest BCUT2D eigenvalue weighted by Gasteiger charge is -2.32. The third kappa shape index (κ3) is 3.81. The maximum atomic E-state index is 12.4. The molecule has 1 aliphatic rings. The summed E-state index contributed by atoms with van der Waals surface area (Å²) >= 11 is 0. The third-order valence-electron chi connectivity index (χ3n) is 4.74. The van der Waals surface area contributed by atoms with Crippen LogP contribution in [-0.4, -0.2) is 38.8 Å². The molecule has 0 N–H and O–H groups in total. The van der Waals surface area contributed by atoms with Gasteiger partial charge in [-0.25, -0.2) is 0 Å². The van der Waals surface area contributed by atoms with E-state index in [9.17, 15) is 4.79 Å². The number of hydrogen-bond acceptors (Lipinski definition) is 4. The summed E-state index contributed by atoms with van der Waals surface area (Å²) in [6.07, 6.45) is 7.17. The summed E-state index contributed by atoms with van der Waals surface area (Å²) in [5.41, 5.74) is 1.97. The van der Waals surface area contributed by atoms with E-state index in [1.165, 1.54) is 0 Å². The predicted octanol–water partition coefficient (Wildman–Crippen LogP) is 2.36. The molecule has 3 rings (SSSR count). The standard InChI is InChI=1S/C17H24N4O2/c1-13-16(14(2)23-19-13)4-5-17(22)20-10-6-15(7-11-20)12-21-9-3-8-18-21/h3,8-9,15H,4-7,10-12H2,1-2H3. The number of carbonyl (C=O) groups excluding carboxylic acids is 1. The number of likely N-dealkylation sites (tertiary alicyclic amines) is 1. The lowest BCUT2D eigenvalue weighted by Crippen LogP contribution is -2.39. The second kappa shape index (κ2) is 6.98. The number of rotatable bonds is 5. The molecule has 1 amide bonds. The highest BCUT2D eigenvalue weighted by Crippen LogP contribution is 2.20. The van der Waals surface area contributed by atoms with Crippen molar-refractivity contribution < 1.29 is 9.32 Å². The molecule has 0 bridgehead atoms. The van der Waals surface area contributed by atoms with Gasteiger partial charge in [-0.3, -0.25) is 9.48 Å². The fraction of sp³-hybridized carbons (Fsp3) is 0.588. The third-order valence-corrected chi connectivity index (χ3v) is 4.74. The molecule has 0 aliphatic carbocycles. The normalized spacial score (nSPS) is 16.0. The lowest BCUT2D eigenvalue weighted by atomic mass is 9.96. The Labute approximate surface area is 136 Å². The molecule has 23 heavy (non-hydrogen) atoms. The SMILES string of the molecule is Cc1noc(C)c1CCC(=O)N1CCC(Cn2cccn2)CC1. The molecule has 2 aromatic heterocycles. The molecule has 124 valence electrons. The van der Waals surface area contributed by atoms with E-state index in [0.29, 0.717) is 18.8 Å². The van der Waals surface area contributed by atoms with E-state index >= 15 is 0 Å². The molecule has 1 aliphatic heterocycles. The average Bonchev–Trinajstić information content (AvgIpc) is 3.17. The van der Waals surface area contributed by atoms with Gasteiger partial charge < -0.3 is 9.42 Å². The first-order chi connectivity index (χ1) is 11.1. The van der Waals surface area contributed by atoms with Crippen LogP contribution < -0.4 is 0 Å². The first kappa shape index (κ1) is 15.8. The van der Waals surface area contributed by atoms with Gasteiger partial charge in [-0.1, -0.05) is 5.16 Å². The number of amides is 1. The van der Waals surface area contributed by atoms with E-state index in [1.807, 2.05) is 41.9 Å². The highest BCUT2D eigenvalue weighted by molar-refractivity contribution is 5.76. The van der Waals surface area contributed by atoms with Crippen LogP contribution in [0, 0.1) is 19.8 Å². The fourth-order valence-electron chi connectivity index (χ4n) is 3.29. The molecule has 6 nitrogen and oxygen atoms in total. The quantitative estimate of drug-likeness (QED) is 0.849. The zero-order chi connectivity index (χ0) is 16.2. The van der Waals surface area contributed by atoms with Crippen molar-refractivity contribution >= 4 is 5.91 Å². The van der Waals surface area contributed by atoms with Crippen molar-refractivity contribution in [2.45, 2.75) is 46.1 Å². The Morgan fingerprint density at radius 2 is 2.13 bits per heavy atom. The molecule has 0 aromatic carbocycles. The molecule has 0 radical (unpaired) electrons. The molecular formula is C17H24N4O2. The van der Waals surface area contributed by atoms with Crippen molar-refractivity contribution in [1.82, 2.24) is 19.8 Å². The van der Waals surface area contributed by atoms with Gasteiger partial charge in [0.05, 0.1) is 5.69 Å². The summed E-state index contributed by atoms with van der Waals surface area (Å²) in [5, 5.41) is 8.20. The summed E-state index contributed by atoms with van der Waals surface area (Å²) in [5.74, 6) is 1.68. The second-order valence-corrected chi connectivity index (χ2v) is 6.35. The van der Waals surface area contributed by atoms with E-state index in [4.69, 9.17) is 4.52 Å². The van der Waals surface area contributed by atoms with Crippen molar-refractivity contribution in [3.05, 3.63) is 35.5 Å². The van der Waals surface area contributed by atoms with Gasteiger partial charge in [0, 0.05) is 44.0 Å². The van der Waals surface area contributed by atoms with Crippen LogP contribution in [0.15, 0.2) is 23.0 Å². The number of carbonyl (C=O) groups is 1. The van der Waals surface area contributed by atoms with E-state index in [2.05, 4.69) is 10.3 Å².